The van der Waals surface area contributed by atoms with Crippen LogP contribution in [-0.4, -0.2) is 55.0 Å². The van der Waals surface area contributed by atoms with Gasteiger partial charge in [0.15, 0.2) is 0 Å². The average Bonchev–Trinajstić information content (AvgIpc) is 3.68. The number of carbonyl (C=O) groups excluding carboxylic acids is 2. The van der Waals surface area contributed by atoms with Crippen molar-refractivity contribution in [3.8, 4) is 10.8 Å². The molecule has 0 saturated heterocycles. The van der Waals surface area contributed by atoms with E-state index < -0.39 is 28.5 Å². The molecule has 0 aliphatic heterocycles. The lowest BCUT2D eigenvalue weighted by atomic mass is 9.97. The Bertz CT molecular complexity index is 1810. The number of aromatic nitrogens is 4. The molecular weight excluding hydrogens is 760 g/mol. The summed E-state index contributed by atoms with van der Waals surface area (Å²) in [6, 6.07) is 5.80. The third kappa shape index (κ3) is 8.91. The predicted molar refractivity (Wildman–Crippen MR) is 194 cm³/mol. The zero-order valence-electron chi connectivity index (χ0n) is 27.3. The van der Waals surface area contributed by atoms with Crippen LogP contribution in [0.2, 0.25) is 0 Å². The van der Waals surface area contributed by atoms with Gasteiger partial charge in [-0.25, -0.2) is 18.4 Å². The topological polar surface area (TPSA) is 137 Å². The zero-order chi connectivity index (χ0) is 35.1. The maximum Gasteiger partial charge on any atom is 0.333 e. The maximum atomic E-state index is 14.0. The molecule has 15 heteroatoms. The lowest BCUT2D eigenvalue weighted by Crippen LogP contribution is -2.56. The van der Waals surface area contributed by atoms with E-state index in [2.05, 4.69) is 20.2 Å². The standard InChI is InChI=1S/C26H30FN5O4S.C6H10O2.HIS/c1-15(2)29-24(34)26(4,5)32-21(33)20-16(3)22(31-12-7-11-28-31)37-23(20)30(25(32)35)13-10-17-14-18(27)8-9-19(17)36-6;7-5-1-2-6(8)4-3-5;1-2/h7-9,11-12,14-15H,10,13H2,1-6H3,(H,29,34);5,7H,1-4H2;2H. The molecule has 1 aliphatic rings. The number of nitrogens with one attached hydrogen (secondary N) is 1. The van der Waals surface area contributed by atoms with Gasteiger partial charge in [0, 0.05) is 43.4 Å². The predicted octanol–water partition coefficient (Wildman–Crippen LogP) is 5.13. The van der Waals surface area contributed by atoms with Crippen molar-refractivity contribution in [2.24, 2.45) is 0 Å². The number of Topliss-reactive ketones (excluding diaryl/α,β-unsaturated/α-hetero) is 1. The van der Waals surface area contributed by atoms with E-state index in [0.717, 1.165) is 4.57 Å². The lowest BCUT2D eigenvalue weighted by Gasteiger charge is -2.27. The Morgan fingerprint density at radius 3 is 2.45 bits per heavy atom. The molecule has 47 heavy (non-hydrogen) atoms. The van der Waals surface area contributed by atoms with Crippen LogP contribution >= 0.6 is 42.3 Å². The van der Waals surface area contributed by atoms with E-state index in [4.69, 9.17) is 9.84 Å². The first-order valence-electron chi connectivity index (χ1n) is 15.1. The van der Waals surface area contributed by atoms with Crippen LogP contribution in [-0.2, 0) is 28.1 Å². The molecule has 11 nitrogen and oxygen atoms in total. The van der Waals surface area contributed by atoms with Crippen molar-refractivity contribution in [1.82, 2.24) is 24.2 Å². The van der Waals surface area contributed by atoms with Gasteiger partial charge in [0.1, 0.15) is 32.7 Å². The number of ether oxygens (including phenoxy) is 1. The number of aliphatic hydroxyl groups excluding tert-OH is 1. The smallest absolute Gasteiger partial charge is 0.333 e. The van der Waals surface area contributed by atoms with E-state index in [1.54, 1.807) is 43.9 Å². The molecule has 0 atom stereocenters. The minimum Gasteiger partial charge on any atom is -0.496 e. The van der Waals surface area contributed by atoms with Gasteiger partial charge >= 0.3 is 5.69 Å². The summed E-state index contributed by atoms with van der Waals surface area (Å²) < 4.78 is 23.5. The molecule has 0 bridgehead atoms. The van der Waals surface area contributed by atoms with E-state index in [0.29, 0.717) is 63.6 Å². The highest BCUT2D eigenvalue weighted by molar-refractivity contribution is 14.2. The number of carbonyl (C=O) groups is 2. The van der Waals surface area contributed by atoms with E-state index >= 15 is 0 Å². The molecule has 2 N–H and O–H groups in total. The van der Waals surface area contributed by atoms with Crippen molar-refractivity contribution in [3.05, 3.63) is 74.4 Å². The van der Waals surface area contributed by atoms with Gasteiger partial charge < -0.3 is 15.2 Å². The highest BCUT2D eigenvalue weighted by atomic mass is 127. The third-order valence-electron chi connectivity index (χ3n) is 7.79. The zero-order valence-corrected chi connectivity index (χ0v) is 31.1. The Labute approximate surface area is 294 Å². The molecule has 0 spiro atoms. The molecule has 0 unspecified atom stereocenters. The van der Waals surface area contributed by atoms with Gasteiger partial charge in [-0.2, -0.15) is 5.10 Å². The lowest BCUT2D eigenvalue weighted by molar-refractivity contribution is -0.129. The number of methoxy groups -OCH3 is 1. The average molecular weight is 802 g/mol. The number of ketones is 1. The van der Waals surface area contributed by atoms with Crippen molar-refractivity contribution in [2.45, 2.75) is 91.0 Å². The number of amides is 1. The molecule has 1 amide bonds. The van der Waals surface area contributed by atoms with Crippen molar-refractivity contribution >= 4 is 64.2 Å². The summed E-state index contributed by atoms with van der Waals surface area (Å²) in [6.45, 7) is 8.65. The van der Waals surface area contributed by atoms with Crippen molar-refractivity contribution in [1.29, 1.82) is 0 Å². The fourth-order valence-electron chi connectivity index (χ4n) is 5.27. The Balaban J connectivity index is 0.000000518. The molecule has 3 aromatic heterocycles. The fraction of sp³-hybridized carbons (Fsp3) is 0.469. The molecule has 0 radical (unpaired) electrons. The second kappa shape index (κ2) is 16.9. The minimum absolute atomic E-state index is 0.135. The highest BCUT2D eigenvalue weighted by Gasteiger charge is 2.35. The fourth-order valence-corrected chi connectivity index (χ4v) is 6.53. The molecule has 4 aromatic rings. The van der Waals surface area contributed by atoms with Crippen LogP contribution in [0.3, 0.4) is 0 Å². The molecule has 1 saturated carbocycles. The Kier molecular flexibility index (Phi) is 13.8. The Morgan fingerprint density at radius 1 is 1.23 bits per heavy atom. The van der Waals surface area contributed by atoms with E-state index in [9.17, 15) is 23.6 Å². The SMILES string of the molecule is COc1ccc(F)cc1CCn1c(=O)n(C(C)(C)C(=O)NC(C)C)c(=O)c2c(C)c(-n3cccn3)sc21.O=C1CCC(O)CC1.SI. The summed E-state index contributed by atoms with van der Waals surface area (Å²) >= 11 is 3.11. The van der Waals surface area contributed by atoms with Gasteiger partial charge in [-0.15, -0.1) is 9.80 Å². The van der Waals surface area contributed by atoms with Crippen LogP contribution in [0.25, 0.3) is 15.2 Å². The van der Waals surface area contributed by atoms with E-state index in [-0.39, 0.29) is 25.1 Å². The van der Waals surface area contributed by atoms with E-state index in [1.165, 1.54) is 41.2 Å². The van der Waals surface area contributed by atoms with Gasteiger partial charge in [0.25, 0.3) is 5.56 Å². The number of fused-ring (bicyclic) bond motifs is 1. The Hall–Kier alpha value is -3.02. The minimum atomic E-state index is -1.47. The van der Waals surface area contributed by atoms with Crippen LogP contribution in [0.4, 0.5) is 4.39 Å². The number of rotatable bonds is 8. The monoisotopic (exact) mass is 801 g/mol. The van der Waals surface area contributed by atoms with Gasteiger partial charge in [-0.05, 0) is 105 Å². The van der Waals surface area contributed by atoms with Crippen molar-refractivity contribution in [3.63, 3.8) is 0 Å². The normalized spacial score (nSPS) is 13.6. The third-order valence-corrected chi connectivity index (χ3v) is 9.10. The number of benzene rings is 1. The number of halogens is 2. The highest BCUT2D eigenvalue weighted by Crippen LogP contribution is 2.32. The van der Waals surface area contributed by atoms with E-state index in [1.807, 2.05) is 35.1 Å². The second-order valence-electron chi connectivity index (χ2n) is 11.9. The number of nitrogens with zero attached hydrogens (tertiary/aromatic N) is 4. The number of hydrogen-bond acceptors (Lipinski definition) is 9. The van der Waals surface area contributed by atoms with Crippen LogP contribution < -0.4 is 21.3 Å². The van der Waals surface area contributed by atoms with Crippen LogP contribution in [0, 0.1) is 12.7 Å². The first-order valence-corrected chi connectivity index (χ1v) is 19.1. The number of hydrogen-bond donors (Lipinski definition) is 3. The van der Waals surface area contributed by atoms with Gasteiger partial charge in [0.05, 0.1) is 18.6 Å². The molecule has 256 valence electrons. The van der Waals surface area contributed by atoms with Crippen LogP contribution in [0.1, 0.15) is 64.5 Å². The van der Waals surface area contributed by atoms with Crippen molar-refractivity contribution < 1.29 is 23.8 Å². The molecule has 5 rings (SSSR count). The summed E-state index contributed by atoms with van der Waals surface area (Å²) in [7, 11) is 4.99. The number of thiol groups is 1. The Morgan fingerprint density at radius 2 is 1.89 bits per heavy atom. The van der Waals surface area contributed by atoms with Crippen LogP contribution in [0.15, 0.2) is 46.2 Å². The summed E-state index contributed by atoms with van der Waals surface area (Å²) in [6.07, 6.45) is 5.98. The quantitative estimate of drug-likeness (QED) is 0.166. The molecule has 3 heterocycles. The summed E-state index contributed by atoms with van der Waals surface area (Å²) in [5, 5.41) is 17.0. The van der Waals surface area contributed by atoms with Crippen molar-refractivity contribution in [2.75, 3.05) is 7.11 Å². The molecule has 1 aromatic carbocycles. The summed E-state index contributed by atoms with van der Waals surface area (Å²) in [5.74, 6) is -0.0668. The van der Waals surface area contributed by atoms with Gasteiger partial charge in [-0.1, -0.05) is 11.3 Å². The molecule has 1 fully saturated rings. The van der Waals surface area contributed by atoms with Gasteiger partial charge in [-0.3, -0.25) is 19.0 Å². The number of aliphatic hydroxyl groups is 1. The second-order valence-corrected chi connectivity index (χ2v) is 12.9. The first kappa shape index (κ1) is 38.4. The largest absolute Gasteiger partial charge is 0.496 e. The molecule has 1 aliphatic carbocycles. The summed E-state index contributed by atoms with van der Waals surface area (Å²) in [4.78, 5) is 51.8. The maximum absolute atomic E-state index is 14.0. The van der Waals surface area contributed by atoms with Gasteiger partial charge in [0.2, 0.25) is 5.91 Å². The molecular formula is C32H41FIN5O6S2. The number of aryl methyl sites for hydroxylation is 3. The van der Waals surface area contributed by atoms with Crippen LogP contribution in [0.5, 0.6) is 5.75 Å². The number of thiophene rings is 1. The first-order chi connectivity index (χ1) is 22.3. The summed E-state index contributed by atoms with van der Waals surface area (Å²) in [5.41, 5.74) is -1.40.